The Morgan fingerprint density at radius 3 is 2.04 bits per heavy atom. The molecule has 0 radical (unpaired) electrons. The van der Waals surface area contributed by atoms with Crippen LogP contribution in [0.5, 0.6) is 5.75 Å². The molecule has 1 amide bonds. The van der Waals surface area contributed by atoms with Gasteiger partial charge in [-0.05, 0) is 36.4 Å². The van der Waals surface area contributed by atoms with Crippen molar-refractivity contribution in [1.29, 1.82) is 0 Å². The molecule has 0 atom stereocenters. The van der Waals surface area contributed by atoms with Gasteiger partial charge in [0.15, 0.2) is 6.61 Å². The van der Waals surface area contributed by atoms with E-state index in [-0.39, 0.29) is 18.2 Å². The van der Waals surface area contributed by atoms with Crippen LogP contribution in [0.15, 0.2) is 66.4 Å². The van der Waals surface area contributed by atoms with Crippen LogP contribution in [0.25, 0.3) is 0 Å². The molecule has 0 aliphatic rings. The summed E-state index contributed by atoms with van der Waals surface area (Å²) in [6.07, 6.45) is 0.989. The number of amides is 1. The third kappa shape index (κ3) is 6.49. The first-order valence-electron chi connectivity index (χ1n) is 8.24. The molecule has 0 saturated carbocycles. The summed E-state index contributed by atoms with van der Waals surface area (Å²) < 4.78 is 14.5. The van der Waals surface area contributed by atoms with Gasteiger partial charge in [0, 0.05) is 11.4 Å². The molecule has 0 aliphatic heterocycles. The number of methoxy groups -OCH3 is 2. The second kappa shape index (κ2) is 10.4. The van der Waals surface area contributed by atoms with Crippen LogP contribution in [0.4, 0.5) is 11.4 Å². The van der Waals surface area contributed by atoms with E-state index >= 15 is 0 Å². The van der Waals surface area contributed by atoms with Gasteiger partial charge in [-0.3, -0.25) is 4.79 Å². The molecule has 0 heterocycles. The Bertz CT molecular complexity index is 847. The molecule has 8 nitrogen and oxygen atoms in total. The van der Waals surface area contributed by atoms with Gasteiger partial charge in [-0.2, -0.15) is 0 Å². The average molecular weight is 384 g/mol. The van der Waals surface area contributed by atoms with Crippen molar-refractivity contribution in [1.82, 2.24) is 0 Å². The number of hydrogen-bond donors (Lipinski definition) is 2. The summed E-state index contributed by atoms with van der Waals surface area (Å²) in [4.78, 5) is 35.1. The van der Waals surface area contributed by atoms with E-state index in [1.165, 1.54) is 14.2 Å². The molecule has 2 aromatic rings. The Balaban J connectivity index is 1.94. The monoisotopic (exact) mass is 384 g/mol. The van der Waals surface area contributed by atoms with Crippen LogP contribution in [0.1, 0.15) is 0 Å². The van der Waals surface area contributed by atoms with Crippen LogP contribution in [0.3, 0.4) is 0 Å². The van der Waals surface area contributed by atoms with E-state index in [0.29, 0.717) is 17.1 Å². The molecule has 28 heavy (non-hydrogen) atoms. The number of nitrogens with one attached hydrogen (secondary N) is 2. The number of carbonyl (C=O) groups is 3. The number of hydrogen-bond acceptors (Lipinski definition) is 7. The maximum Gasteiger partial charge on any atom is 0.354 e. The van der Waals surface area contributed by atoms with Gasteiger partial charge in [0.1, 0.15) is 11.4 Å². The van der Waals surface area contributed by atoms with Crippen molar-refractivity contribution in [3.05, 3.63) is 66.4 Å². The third-order valence-corrected chi connectivity index (χ3v) is 3.43. The second-order valence-electron chi connectivity index (χ2n) is 5.43. The van der Waals surface area contributed by atoms with Crippen molar-refractivity contribution in [2.75, 3.05) is 31.5 Å². The molecule has 2 N–H and O–H groups in total. The predicted molar refractivity (Wildman–Crippen MR) is 103 cm³/mol. The van der Waals surface area contributed by atoms with Crippen LogP contribution in [0, 0.1) is 0 Å². The zero-order valence-corrected chi connectivity index (χ0v) is 15.4. The number of carbonyl (C=O) groups excluding carboxylic acids is 3. The third-order valence-electron chi connectivity index (χ3n) is 3.43. The Hall–Kier alpha value is -3.81. The molecule has 0 aliphatic carbocycles. The number of ether oxygens (including phenoxy) is 3. The van der Waals surface area contributed by atoms with Crippen molar-refractivity contribution in [3.8, 4) is 5.75 Å². The van der Waals surface area contributed by atoms with E-state index in [0.717, 1.165) is 6.08 Å². The van der Waals surface area contributed by atoms with Crippen molar-refractivity contribution in [2.24, 2.45) is 0 Å². The number of benzene rings is 2. The van der Waals surface area contributed by atoms with Crippen LogP contribution >= 0.6 is 0 Å². The lowest BCUT2D eigenvalue weighted by molar-refractivity contribution is -0.138. The van der Waals surface area contributed by atoms with Crippen LogP contribution in [-0.4, -0.2) is 38.7 Å². The smallest absolute Gasteiger partial charge is 0.354 e. The Morgan fingerprint density at radius 2 is 1.46 bits per heavy atom. The van der Waals surface area contributed by atoms with Crippen LogP contribution in [-0.2, 0) is 23.9 Å². The largest absolute Gasteiger partial charge is 0.484 e. The Labute approximate surface area is 162 Å². The molecule has 0 spiro atoms. The molecule has 8 heteroatoms. The van der Waals surface area contributed by atoms with E-state index in [9.17, 15) is 14.4 Å². The summed E-state index contributed by atoms with van der Waals surface area (Å²) in [5.74, 6) is -1.13. The van der Waals surface area contributed by atoms with Gasteiger partial charge in [0.2, 0.25) is 0 Å². The highest BCUT2D eigenvalue weighted by Crippen LogP contribution is 2.16. The van der Waals surface area contributed by atoms with Crippen LogP contribution < -0.4 is 15.4 Å². The van der Waals surface area contributed by atoms with Gasteiger partial charge >= 0.3 is 11.9 Å². The molecule has 0 aromatic heterocycles. The zero-order chi connectivity index (χ0) is 20.4. The minimum atomic E-state index is -0.721. The summed E-state index contributed by atoms with van der Waals surface area (Å²) in [7, 11) is 2.40. The maximum absolute atomic E-state index is 12.0. The molecule has 0 unspecified atom stereocenters. The molecular weight excluding hydrogens is 364 g/mol. The van der Waals surface area contributed by atoms with Crippen molar-refractivity contribution in [2.45, 2.75) is 0 Å². The lowest BCUT2D eigenvalue weighted by Gasteiger charge is -2.11. The lowest BCUT2D eigenvalue weighted by Crippen LogP contribution is -2.20. The molecule has 0 saturated heterocycles. The molecule has 146 valence electrons. The molecule has 2 rings (SSSR count). The summed E-state index contributed by atoms with van der Waals surface area (Å²) in [5.41, 5.74) is 0.977. The number of rotatable bonds is 8. The van der Waals surface area contributed by atoms with E-state index in [1.807, 2.05) is 18.2 Å². The van der Waals surface area contributed by atoms with Gasteiger partial charge < -0.3 is 24.8 Å². The summed E-state index contributed by atoms with van der Waals surface area (Å²) >= 11 is 0. The van der Waals surface area contributed by atoms with Crippen molar-refractivity contribution in [3.63, 3.8) is 0 Å². The number of para-hydroxylation sites is 1. The highest BCUT2D eigenvalue weighted by atomic mass is 16.5. The predicted octanol–water partition coefficient (Wildman–Crippen LogP) is 2.35. The van der Waals surface area contributed by atoms with E-state index < -0.39 is 11.9 Å². The summed E-state index contributed by atoms with van der Waals surface area (Å²) in [5, 5.41) is 5.47. The molecule has 0 fully saturated rings. The quantitative estimate of drug-likeness (QED) is 0.532. The normalized spacial score (nSPS) is 10.6. The first kappa shape index (κ1) is 20.5. The average Bonchev–Trinajstić information content (AvgIpc) is 2.73. The standard InChI is InChI=1S/C20H20N2O6/c1-26-19(24)12-17(20(25)27-2)21-14-8-10-15(11-9-14)22-18(23)13-28-16-6-4-3-5-7-16/h3-12,21H,13H2,1-2H3,(H,22,23)/b17-12+. The van der Waals surface area contributed by atoms with Crippen LogP contribution in [0.2, 0.25) is 0 Å². The number of anilines is 2. The highest BCUT2D eigenvalue weighted by molar-refractivity contribution is 5.98. The highest BCUT2D eigenvalue weighted by Gasteiger charge is 2.13. The van der Waals surface area contributed by atoms with E-state index in [4.69, 9.17) is 4.74 Å². The fraction of sp³-hybridized carbons (Fsp3) is 0.150. The SMILES string of the molecule is COC(=O)/C=C(/Nc1ccc(NC(=O)COc2ccccc2)cc1)C(=O)OC. The van der Waals surface area contributed by atoms with Gasteiger partial charge in [0.05, 0.1) is 20.3 Å². The van der Waals surface area contributed by atoms with Crippen molar-refractivity contribution < 1.29 is 28.6 Å². The fourth-order valence-corrected chi connectivity index (χ4v) is 2.09. The first-order chi connectivity index (χ1) is 13.5. The molecular formula is C20H20N2O6. The Kier molecular flexibility index (Phi) is 7.59. The van der Waals surface area contributed by atoms with E-state index in [2.05, 4.69) is 20.1 Å². The Morgan fingerprint density at radius 1 is 0.857 bits per heavy atom. The first-order valence-corrected chi connectivity index (χ1v) is 8.24. The topological polar surface area (TPSA) is 103 Å². The summed E-state index contributed by atoms with van der Waals surface area (Å²) in [6.45, 7) is -0.127. The minimum Gasteiger partial charge on any atom is -0.484 e. The van der Waals surface area contributed by atoms with Gasteiger partial charge in [-0.1, -0.05) is 18.2 Å². The number of esters is 2. The van der Waals surface area contributed by atoms with Gasteiger partial charge in [-0.25, -0.2) is 9.59 Å². The lowest BCUT2D eigenvalue weighted by atomic mass is 10.2. The molecule has 2 aromatic carbocycles. The summed E-state index contributed by atoms with van der Waals surface area (Å²) in [6, 6.07) is 15.5. The van der Waals surface area contributed by atoms with Gasteiger partial charge in [0.25, 0.3) is 5.91 Å². The maximum atomic E-state index is 12.0. The fourth-order valence-electron chi connectivity index (χ4n) is 2.09. The van der Waals surface area contributed by atoms with Gasteiger partial charge in [-0.15, -0.1) is 0 Å². The second-order valence-corrected chi connectivity index (χ2v) is 5.43. The minimum absolute atomic E-state index is 0.0811. The van der Waals surface area contributed by atoms with Crippen molar-refractivity contribution >= 4 is 29.2 Å². The van der Waals surface area contributed by atoms with E-state index in [1.54, 1.807) is 36.4 Å². The zero-order valence-electron chi connectivity index (χ0n) is 15.4. The molecule has 0 bridgehead atoms.